The maximum absolute atomic E-state index is 11.5. The minimum Gasteiger partial charge on any atom is -0.335 e. The van der Waals surface area contributed by atoms with Crippen molar-refractivity contribution in [3.8, 4) is 0 Å². The van der Waals surface area contributed by atoms with Crippen molar-refractivity contribution in [2.45, 2.75) is 13.0 Å². The number of nitrogens with two attached hydrogens (primary N) is 1. The molecule has 0 spiro atoms. The molecule has 1 aliphatic rings. The van der Waals surface area contributed by atoms with Crippen molar-refractivity contribution < 1.29 is 9.59 Å². The molecule has 0 aromatic carbocycles. The van der Waals surface area contributed by atoms with Gasteiger partial charge in [0.2, 0.25) is 17.8 Å². The van der Waals surface area contributed by atoms with Crippen LogP contribution in [0.1, 0.15) is 6.92 Å². The van der Waals surface area contributed by atoms with Crippen molar-refractivity contribution in [1.82, 2.24) is 15.3 Å². The number of aromatic nitrogens is 2. The molecule has 17 heavy (non-hydrogen) atoms. The van der Waals surface area contributed by atoms with Gasteiger partial charge in [-0.3, -0.25) is 20.3 Å². The Morgan fingerprint density at radius 3 is 3.06 bits per heavy atom. The Morgan fingerprint density at radius 1 is 1.59 bits per heavy atom. The second-order valence-electron chi connectivity index (χ2n) is 3.60. The number of imide groups is 1. The van der Waals surface area contributed by atoms with E-state index in [1.807, 2.05) is 0 Å². The Morgan fingerprint density at radius 2 is 2.35 bits per heavy atom. The number of amides is 2. The summed E-state index contributed by atoms with van der Waals surface area (Å²) in [6.45, 7) is 1.77. The molecular weight excluding hydrogens is 224 g/mol. The van der Waals surface area contributed by atoms with Crippen molar-refractivity contribution in [1.29, 1.82) is 0 Å². The number of nitrogen functional groups attached to an aromatic ring is 1. The van der Waals surface area contributed by atoms with Crippen LogP contribution in [0, 0.1) is 0 Å². The minimum absolute atomic E-state index is 0.0773. The molecule has 1 aromatic rings. The third kappa shape index (κ3) is 2.16. The second kappa shape index (κ2) is 4.34. The highest BCUT2D eigenvalue weighted by Crippen LogP contribution is 2.16. The van der Waals surface area contributed by atoms with Gasteiger partial charge < -0.3 is 4.90 Å². The van der Waals surface area contributed by atoms with E-state index in [0.29, 0.717) is 5.82 Å². The van der Waals surface area contributed by atoms with E-state index >= 15 is 0 Å². The van der Waals surface area contributed by atoms with E-state index in [1.54, 1.807) is 17.9 Å². The van der Waals surface area contributed by atoms with Gasteiger partial charge in [0, 0.05) is 6.20 Å². The van der Waals surface area contributed by atoms with Gasteiger partial charge in [0.15, 0.2) is 0 Å². The molecule has 8 nitrogen and oxygen atoms in total. The SMILES string of the molecule is CC1C(=O)NC(=O)CN1c1ccnc(NN)n1. The van der Waals surface area contributed by atoms with Gasteiger partial charge in [-0.25, -0.2) is 10.8 Å². The van der Waals surface area contributed by atoms with Gasteiger partial charge in [-0.15, -0.1) is 0 Å². The lowest BCUT2D eigenvalue weighted by molar-refractivity contribution is -0.132. The normalized spacial score (nSPS) is 20.1. The number of rotatable bonds is 2. The predicted molar refractivity (Wildman–Crippen MR) is 59.8 cm³/mol. The zero-order chi connectivity index (χ0) is 12.4. The van der Waals surface area contributed by atoms with E-state index in [1.165, 1.54) is 6.20 Å². The van der Waals surface area contributed by atoms with Crippen LogP contribution in [0.3, 0.4) is 0 Å². The average molecular weight is 236 g/mol. The predicted octanol–water partition coefficient (Wildman–Crippen LogP) is -1.39. The average Bonchev–Trinajstić information content (AvgIpc) is 2.34. The summed E-state index contributed by atoms with van der Waals surface area (Å²) in [5, 5.41) is 2.25. The fraction of sp³-hybridized carbons (Fsp3) is 0.333. The van der Waals surface area contributed by atoms with Crippen LogP contribution >= 0.6 is 0 Å². The standard InChI is InChI=1S/C9H12N6O2/c1-5-8(17)13-7(16)4-15(5)6-2-3-11-9(12-6)14-10/h2-3,5H,4,10H2,1H3,(H,11,12,14)(H,13,16,17). The summed E-state index contributed by atoms with van der Waals surface area (Å²) in [4.78, 5) is 32.3. The van der Waals surface area contributed by atoms with Gasteiger partial charge in [-0.1, -0.05) is 0 Å². The quantitative estimate of drug-likeness (QED) is 0.329. The highest BCUT2D eigenvalue weighted by atomic mass is 16.2. The number of hydrogen-bond acceptors (Lipinski definition) is 7. The Balaban J connectivity index is 2.30. The molecule has 90 valence electrons. The number of piperazine rings is 1. The number of hydrazine groups is 1. The van der Waals surface area contributed by atoms with Crippen molar-refractivity contribution in [3.05, 3.63) is 12.3 Å². The maximum Gasteiger partial charge on any atom is 0.249 e. The molecule has 1 atom stereocenters. The van der Waals surface area contributed by atoms with E-state index in [4.69, 9.17) is 5.84 Å². The zero-order valence-electron chi connectivity index (χ0n) is 9.17. The van der Waals surface area contributed by atoms with Crippen LogP contribution in [0.15, 0.2) is 12.3 Å². The fourth-order valence-corrected chi connectivity index (χ4v) is 1.57. The molecule has 2 rings (SSSR count). The summed E-state index contributed by atoms with van der Waals surface area (Å²) in [5.41, 5.74) is 2.31. The molecule has 0 bridgehead atoms. The van der Waals surface area contributed by atoms with Crippen LogP contribution in [0.2, 0.25) is 0 Å². The van der Waals surface area contributed by atoms with Gasteiger partial charge in [0.25, 0.3) is 0 Å². The second-order valence-corrected chi connectivity index (χ2v) is 3.60. The highest BCUT2D eigenvalue weighted by Gasteiger charge is 2.31. The molecule has 1 unspecified atom stereocenters. The monoisotopic (exact) mass is 236 g/mol. The van der Waals surface area contributed by atoms with E-state index < -0.39 is 6.04 Å². The first-order valence-electron chi connectivity index (χ1n) is 5.02. The number of carbonyl (C=O) groups excluding carboxylic acids is 2. The zero-order valence-corrected chi connectivity index (χ0v) is 9.17. The lowest BCUT2D eigenvalue weighted by atomic mass is 10.2. The third-order valence-corrected chi connectivity index (χ3v) is 2.49. The molecule has 2 amide bonds. The largest absolute Gasteiger partial charge is 0.335 e. The molecule has 0 radical (unpaired) electrons. The van der Waals surface area contributed by atoms with Crippen molar-refractivity contribution in [3.63, 3.8) is 0 Å². The summed E-state index contributed by atoms with van der Waals surface area (Å²) in [7, 11) is 0. The highest BCUT2D eigenvalue weighted by molar-refractivity contribution is 6.04. The molecular formula is C9H12N6O2. The van der Waals surface area contributed by atoms with E-state index in [9.17, 15) is 9.59 Å². The molecule has 0 aliphatic carbocycles. The first-order valence-corrected chi connectivity index (χ1v) is 5.02. The lowest BCUT2D eigenvalue weighted by Crippen LogP contribution is -2.57. The fourth-order valence-electron chi connectivity index (χ4n) is 1.57. The van der Waals surface area contributed by atoms with Crippen LogP contribution < -0.4 is 21.5 Å². The van der Waals surface area contributed by atoms with Crippen LogP contribution in [0.5, 0.6) is 0 Å². The van der Waals surface area contributed by atoms with Gasteiger partial charge in [-0.05, 0) is 13.0 Å². The number of hydrogen-bond donors (Lipinski definition) is 3. The third-order valence-electron chi connectivity index (χ3n) is 2.49. The summed E-state index contributed by atoms with van der Waals surface area (Å²) in [5.74, 6) is 5.21. The topological polar surface area (TPSA) is 113 Å². The van der Waals surface area contributed by atoms with Crippen LogP contribution in [0.25, 0.3) is 0 Å². The van der Waals surface area contributed by atoms with E-state index in [2.05, 4.69) is 20.7 Å². The van der Waals surface area contributed by atoms with Gasteiger partial charge in [0.05, 0.1) is 6.54 Å². The molecule has 1 saturated heterocycles. The van der Waals surface area contributed by atoms with Gasteiger partial charge >= 0.3 is 0 Å². The molecule has 0 saturated carbocycles. The van der Waals surface area contributed by atoms with E-state index in [-0.39, 0.29) is 24.3 Å². The van der Waals surface area contributed by atoms with Gasteiger partial charge in [0.1, 0.15) is 11.9 Å². The first-order chi connectivity index (χ1) is 8.11. The van der Waals surface area contributed by atoms with Crippen molar-refractivity contribution in [2.75, 3.05) is 16.9 Å². The van der Waals surface area contributed by atoms with Crippen molar-refractivity contribution >= 4 is 23.6 Å². The molecule has 1 aliphatic heterocycles. The summed E-state index contributed by atoms with van der Waals surface area (Å²) in [6, 6.07) is 1.15. The first kappa shape index (κ1) is 11.3. The van der Waals surface area contributed by atoms with Crippen LogP contribution in [-0.2, 0) is 9.59 Å². The van der Waals surface area contributed by atoms with Gasteiger partial charge in [-0.2, -0.15) is 4.98 Å². The number of anilines is 2. The van der Waals surface area contributed by atoms with Crippen molar-refractivity contribution in [2.24, 2.45) is 5.84 Å². The molecule has 8 heteroatoms. The Labute approximate surface area is 97.2 Å². The molecule has 1 fully saturated rings. The number of carbonyl (C=O) groups is 2. The summed E-state index contributed by atoms with van der Waals surface area (Å²) < 4.78 is 0. The van der Waals surface area contributed by atoms with Crippen LogP contribution in [0.4, 0.5) is 11.8 Å². The molecule has 4 N–H and O–H groups in total. The maximum atomic E-state index is 11.5. The molecule has 1 aromatic heterocycles. The number of nitrogens with one attached hydrogen (secondary N) is 2. The Hall–Kier alpha value is -2.22. The smallest absolute Gasteiger partial charge is 0.249 e. The van der Waals surface area contributed by atoms with Crippen LogP contribution in [-0.4, -0.2) is 34.4 Å². The summed E-state index contributed by atoms with van der Waals surface area (Å²) >= 11 is 0. The lowest BCUT2D eigenvalue weighted by Gasteiger charge is -2.32. The Kier molecular flexibility index (Phi) is 2.88. The number of nitrogens with zero attached hydrogens (tertiary/aromatic N) is 3. The molecule has 2 heterocycles. The minimum atomic E-state index is -0.465. The van der Waals surface area contributed by atoms with E-state index in [0.717, 1.165) is 0 Å². The summed E-state index contributed by atoms with van der Waals surface area (Å²) in [6.07, 6.45) is 1.50. The Bertz CT molecular complexity index is 463.